The number of hydrogen-bond acceptors (Lipinski definition) is 6. The summed E-state index contributed by atoms with van der Waals surface area (Å²) in [5.41, 5.74) is 7.02. The highest BCUT2D eigenvalue weighted by Gasteiger charge is 2.24. The van der Waals surface area contributed by atoms with Gasteiger partial charge >= 0.3 is 0 Å². The highest BCUT2D eigenvalue weighted by molar-refractivity contribution is 5.42. The lowest BCUT2D eigenvalue weighted by Gasteiger charge is -2.39. The molecule has 1 heterocycles. The second kappa shape index (κ2) is 7.61. The number of phenolic OH excluding ortho intramolecular Hbond substituents is 1. The Balaban J connectivity index is 2.06. The van der Waals surface area contributed by atoms with Crippen LogP contribution in [0.4, 0.5) is 0 Å². The molecule has 1 aliphatic rings. The average Bonchev–Trinajstić information content (AvgIpc) is 2.51. The van der Waals surface area contributed by atoms with Crippen LogP contribution in [0, 0.1) is 0 Å². The van der Waals surface area contributed by atoms with E-state index in [1.807, 2.05) is 12.1 Å². The van der Waals surface area contributed by atoms with Crippen LogP contribution in [0.1, 0.15) is 11.6 Å². The Morgan fingerprint density at radius 1 is 1.29 bits per heavy atom. The van der Waals surface area contributed by atoms with Crippen molar-refractivity contribution in [2.75, 3.05) is 53.0 Å². The summed E-state index contributed by atoms with van der Waals surface area (Å²) >= 11 is 0. The number of aliphatic hydroxyl groups is 1. The van der Waals surface area contributed by atoms with Crippen molar-refractivity contribution in [3.63, 3.8) is 0 Å². The van der Waals surface area contributed by atoms with Crippen molar-refractivity contribution in [3.8, 4) is 11.5 Å². The Bertz CT molecular complexity index is 448. The Morgan fingerprint density at radius 3 is 2.57 bits per heavy atom. The van der Waals surface area contributed by atoms with E-state index < -0.39 is 0 Å². The SMILES string of the molecule is COc1cc(C(CN)N2CCN(CCO)CC2)ccc1O. The number of rotatable bonds is 6. The number of nitrogens with zero attached hydrogens (tertiary/aromatic N) is 2. The van der Waals surface area contributed by atoms with Gasteiger partial charge in [-0.3, -0.25) is 9.80 Å². The number of piperazine rings is 1. The van der Waals surface area contributed by atoms with Gasteiger partial charge in [0, 0.05) is 45.3 Å². The molecule has 4 N–H and O–H groups in total. The van der Waals surface area contributed by atoms with Gasteiger partial charge in [-0.25, -0.2) is 0 Å². The monoisotopic (exact) mass is 295 g/mol. The second-order valence-corrected chi connectivity index (χ2v) is 5.28. The molecular weight excluding hydrogens is 270 g/mol. The van der Waals surface area contributed by atoms with Crippen LogP contribution in [-0.4, -0.2) is 73.0 Å². The van der Waals surface area contributed by atoms with E-state index in [4.69, 9.17) is 15.6 Å². The van der Waals surface area contributed by atoms with Crippen molar-refractivity contribution in [1.29, 1.82) is 0 Å². The predicted molar refractivity (Wildman–Crippen MR) is 81.6 cm³/mol. The molecule has 21 heavy (non-hydrogen) atoms. The summed E-state index contributed by atoms with van der Waals surface area (Å²) in [5.74, 6) is 0.620. The predicted octanol–water partition coefficient (Wildman–Crippen LogP) is 0.0105. The minimum atomic E-state index is 0.121. The summed E-state index contributed by atoms with van der Waals surface area (Å²) < 4.78 is 5.17. The van der Waals surface area contributed by atoms with E-state index in [0.717, 1.165) is 38.3 Å². The maximum absolute atomic E-state index is 9.69. The fourth-order valence-electron chi connectivity index (χ4n) is 2.84. The van der Waals surface area contributed by atoms with Gasteiger partial charge in [0.25, 0.3) is 0 Å². The van der Waals surface area contributed by atoms with Gasteiger partial charge < -0.3 is 20.7 Å². The summed E-state index contributed by atoms with van der Waals surface area (Å²) in [6, 6.07) is 5.53. The van der Waals surface area contributed by atoms with Gasteiger partial charge in [0.1, 0.15) is 0 Å². The molecule has 1 fully saturated rings. The van der Waals surface area contributed by atoms with Gasteiger partial charge in [0.15, 0.2) is 11.5 Å². The standard InChI is InChI=1S/C15H25N3O3/c1-21-15-10-12(2-3-14(15)20)13(11-16)18-6-4-17(5-7-18)8-9-19/h2-3,10,13,19-20H,4-9,11,16H2,1H3. The third-order valence-corrected chi connectivity index (χ3v) is 4.08. The van der Waals surface area contributed by atoms with Gasteiger partial charge in [0.05, 0.1) is 13.7 Å². The van der Waals surface area contributed by atoms with E-state index in [1.54, 1.807) is 13.2 Å². The molecule has 0 aromatic heterocycles. The summed E-state index contributed by atoms with van der Waals surface area (Å²) in [5, 5.41) is 18.7. The van der Waals surface area contributed by atoms with E-state index >= 15 is 0 Å². The Morgan fingerprint density at radius 2 is 2.00 bits per heavy atom. The first kappa shape index (κ1) is 16.0. The summed E-state index contributed by atoms with van der Waals surface area (Å²) in [4.78, 5) is 4.60. The number of nitrogens with two attached hydrogens (primary N) is 1. The van der Waals surface area contributed by atoms with Gasteiger partial charge in [-0.2, -0.15) is 0 Å². The first-order valence-electron chi connectivity index (χ1n) is 7.33. The third kappa shape index (κ3) is 3.85. The number of benzene rings is 1. The number of β-amino-alcohol motifs (C(OH)–C–C–N with tert-alkyl or cyclic N) is 1. The molecule has 1 saturated heterocycles. The largest absolute Gasteiger partial charge is 0.504 e. The molecule has 0 amide bonds. The molecule has 1 atom stereocenters. The average molecular weight is 295 g/mol. The van der Waals surface area contributed by atoms with Crippen LogP contribution in [0.15, 0.2) is 18.2 Å². The fourth-order valence-corrected chi connectivity index (χ4v) is 2.84. The Labute approximate surface area is 125 Å². The highest BCUT2D eigenvalue weighted by Crippen LogP contribution is 2.31. The number of aromatic hydroxyl groups is 1. The van der Waals surface area contributed by atoms with Crippen LogP contribution in [0.25, 0.3) is 0 Å². The van der Waals surface area contributed by atoms with Crippen LogP contribution < -0.4 is 10.5 Å². The van der Waals surface area contributed by atoms with Crippen LogP contribution >= 0.6 is 0 Å². The first-order chi connectivity index (χ1) is 10.2. The maximum Gasteiger partial charge on any atom is 0.160 e. The zero-order valence-corrected chi connectivity index (χ0v) is 12.5. The first-order valence-corrected chi connectivity index (χ1v) is 7.33. The van der Waals surface area contributed by atoms with Crippen LogP contribution in [0.3, 0.4) is 0 Å². The van der Waals surface area contributed by atoms with Crippen molar-refractivity contribution in [2.45, 2.75) is 6.04 Å². The number of methoxy groups -OCH3 is 1. The molecule has 0 aliphatic carbocycles. The van der Waals surface area contributed by atoms with E-state index in [-0.39, 0.29) is 18.4 Å². The normalized spacial score (nSPS) is 18.6. The van der Waals surface area contributed by atoms with Gasteiger partial charge in [-0.1, -0.05) is 6.07 Å². The van der Waals surface area contributed by atoms with E-state index in [0.29, 0.717) is 12.3 Å². The molecule has 6 nitrogen and oxygen atoms in total. The van der Waals surface area contributed by atoms with E-state index in [1.165, 1.54) is 0 Å². The molecule has 1 aromatic rings. The molecule has 1 unspecified atom stereocenters. The zero-order valence-electron chi connectivity index (χ0n) is 12.5. The molecule has 0 bridgehead atoms. The molecule has 1 aromatic carbocycles. The smallest absolute Gasteiger partial charge is 0.160 e. The Hall–Kier alpha value is -1.34. The van der Waals surface area contributed by atoms with E-state index in [9.17, 15) is 5.11 Å². The second-order valence-electron chi connectivity index (χ2n) is 5.28. The fraction of sp³-hybridized carbons (Fsp3) is 0.600. The van der Waals surface area contributed by atoms with Crippen molar-refractivity contribution >= 4 is 0 Å². The lowest BCUT2D eigenvalue weighted by Crippen LogP contribution is -2.49. The van der Waals surface area contributed by atoms with Gasteiger partial charge in [-0.05, 0) is 17.7 Å². The molecule has 0 spiro atoms. The summed E-state index contributed by atoms with van der Waals surface area (Å²) in [7, 11) is 1.55. The van der Waals surface area contributed by atoms with Crippen molar-refractivity contribution in [2.24, 2.45) is 5.73 Å². The van der Waals surface area contributed by atoms with E-state index in [2.05, 4.69) is 9.80 Å². The molecule has 2 rings (SSSR count). The third-order valence-electron chi connectivity index (χ3n) is 4.08. The minimum Gasteiger partial charge on any atom is -0.504 e. The summed E-state index contributed by atoms with van der Waals surface area (Å²) in [6.45, 7) is 5.17. The highest BCUT2D eigenvalue weighted by atomic mass is 16.5. The Kier molecular flexibility index (Phi) is 5.81. The number of aliphatic hydroxyl groups excluding tert-OH is 1. The van der Waals surface area contributed by atoms with Gasteiger partial charge in [-0.15, -0.1) is 0 Å². The minimum absolute atomic E-state index is 0.121. The molecule has 118 valence electrons. The number of hydrogen-bond donors (Lipinski definition) is 3. The molecule has 6 heteroatoms. The van der Waals surface area contributed by atoms with Crippen molar-refractivity contribution in [1.82, 2.24) is 9.80 Å². The zero-order chi connectivity index (χ0) is 15.2. The lowest BCUT2D eigenvalue weighted by atomic mass is 10.0. The topological polar surface area (TPSA) is 82.2 Å². The van der Waals surface area contributed by atoms with Crippen LogP contribution in [-0.2, 0) is 0 Å². The lowest BCUT2D eigenvalue weighted by molar-refractivity contribution is 0.0856. The quantitative estimate of drug-likeness (QED) is 0.686. The van der Waals surface area contributed by atoms with Crippen LogP contribution in [0.5, 0.6) is 11.5 Å². The van der Waals surface area contributed by atoms with Crippen LogP contribution in [0.2, 0.25) is 0 Å². The molecular formula is C15H25N3O3. The molecule has 0 saturated carbocycles. The molecule has 0 radical (unpaired) electrons. The number of ether oxygens (including phenoxy) is 1. The van der Waals surface area contributed by atoms with Crippen molar-refractivity contribution in [3.05, 3.63) is 23.8 Å². The molecule has 1 aliphatic heterocycles. The van der Waals surface area contributed by atoms with Crippen molar-refractivity contribution < 1.29 is 14.9 Å². The maximum atomic E-state index is 9.69. The van der Waals surface area contributed by atoms with Gasteiger partial charge in [0.2, 0.25) is 0 Å². The summed E-state index contributed by atoms with van der Waals surface area (Å²) in [6.07, 6.45) is 0. The number of phenols is 1.